The van der Waals surface area contributed by atoms with Crippen LogP contribution in [0.25, 0.3) is 0 Å². The lowest BCUT2D eigenvalue weighted by Crippen LogP contribution is -2.15. The van der Waals surface area contributed by atoms with Gasteiger partial charge < -0.3 is 16.0 Å². The smallest absolute Gasteiger partial charge is 0.228 e. The predicted octanol–water partition coefficient (Wildman–Crippen LogP) is 2.78. The fourth-order valence-corrected chi connectivity index (χ4v) is 2.18. The van der Waals surface area contributed by atoms with Crippen molar-refractivity contribution in [2.75, 3.05) is 16.0 Å². The zero-order valence-corrected chi connectivity index (χ0v) is 13.6. The SMILES string of the molecule is CC(=O)Nc1ccc(CC(=O)Nc2cccc(NC(C)=O)c2)cc1. The molecule has 3 amide bonds. The first-order chi connectivity index (χ1) is 11.4. The molecule has 0 unspecified atom stereocenters. The highest BCUT2D eigenvalue weighted by molar-refractivity contribution is 5.94. The summed E-state index contributed by atoms with van der Waals surface area (Å²) < 4.78 is 0. The van der Waals surface area contributed by atoms with Gasteiger partial charge in [0.25, 0.3) is 0 Å². The summed E-state index contributed by atoms with van der Waals surface area (Å²) in [6, 6.07) is 14.0. The molecule has 24 heavy (non-hydrogen) atoms. The summed E-state index contributed by atoms with van der Waals surface area (Å²) in [7, 11) is 0. The van der Waals surface area contributed by atoms with E-state index in [0.29, 0.717) is 17.1 Å². The number of amides is 3. The van der Waals surface area contributed by atoms with Crippen molar-refractivity contribution in [3.8, 4) is 0 Å². The Morgan fingerprint density at radius 1 is 0.750 bits per heavy atom. The summed E-state index contributed by atoms with van der Waals surface area (Å²) in [5, 5.41) is 8.13. The van der Waals surface area contributed by atoms with Crippen molar-refractivity contribution >= 4 is 34.8 Å². The summed E-state index contributed by atoms with van der Waals surface area (Å²) >= 11 is 0. The number of carbonyl (C=O) groups is 3. The van der Waals surface area contributed by atoms with Crippen LogP contribution in [0.2, 0.25) is 0 Å². The molecule has 0 atom stereocenters. The molecular formula is C18H19N3O3. The van der Waals surface area contributed by atoms with Gasteiger partial charge in [-0.2, -0.15) is 0 Å². The summed E-state index contributed by atoms with van der Waals surface area (Å²) in [6.45, 7) is 2.87. The van der Waals surface area contributed by atoms with Crippen molar-refractivity contribution in [1.82, 2.24) is 0 Å². The van der Waals surface area contributed by atoms with Crippen LogP contribution in [-0.4, -0.2) is 17.7 Å². The third-order valence-electron chi connectivity index (χ3n) is 3.11. The summed E-state index contributed by atoms with van der Waals surface area (Å²) in [5.41, 5.74) is 2.76. The quantitative estimate of drug-likeness (QED) is 0.790. The highest BCUT2D eigenvalue weighted by atomic mass is 16.2. The maximum absolute atomic E-state index is 12.1. The lowest BCUT2D eigenvalue weighted by molar-refractivity contribution is -0.116. The van der Waals surface area contributed by atoms with Gasteiger partial charge in [-0.3, -0.25) is 14.4 Å². The molecule has 0 saturated carbocycles. The first-order valence-electron chi connectivity index (χ1n) is 7.46. The molecule has 0 aliphatic rings. The second kappa shape index (κ2) is 7.92. The van der Waals surface area contributed by atoms with E-state index in [1.165, 1.54) is 13.8 Å². The van der Waals surface area contributed by atoms with Gasteiger partial charge in [-0.05, 0) is 35.9 Å². The maximum Gasteiger partial charge on any atom is 0.228 e. The van der Waals surface area contributed by atoms with Crippen molar-refractivity contribution in [3.63, 3.8) is 0 Å². The van der Waals surface area contributed by atoms with E-state index in [4.69, 9.17) is 0 Å². The summed E-state index contributed by atoms with van der Waals surface area (Å²) in [4.78, 5) is 34.1. The van der Waals surface area contributed by atoms with Crippen molar-refractivity contribution in [2.24, 2.45) is 0 Å². The molecule has 0 fully saturated rings. The van der Waals surface area contributed by atoms with Gasteiger partial charge in [0.2, 0.25) is 17.7 Å². The zero-order valence-electron chi connectivity index (χ0n) is 13.6. The van der Waals surface area contributed by atoms with Gasteiger partial charge in [0.1, 0.15) is 0 Å². The minimum Gasteiger partial charge on any atom is -0.326 e. The van der Waals surface area contributed by atoms with Gasteiger partial charge in [0.15, 0.2) is 0 Å². The van der Waals surface area contributed by atoms with Crippen LogP contribution in [0, 0.1) is 0 Å². The molecule has 6 nitrogen and oxygen atoms in total. The standard InChI is InChI=1S/C18H19N3O3/c1-12(22)19-15-8-6-14(7-9-15)10-18(24)21-17-5-3-4-16(11-17)20-13(2)23/h3-9,11H,10H2,1-2H3,(H,19,22)(H,20,23)(H,21,24). The van der Waals surface area contributed by atoms with E-state index in [1.54, 1.807) is 48.5 Å². The fourth-order valence-electron chi connectivity index (χ4n) is 2.18. The molecule has 2 aromatic rings. The first kappa shape index (κ1) is 17.2. The van der Waals surface area contributed by atoms with Gasteiger partial charge >= 0.3 is 0 Å². The van der Waals surface area contributed by atoms with Crippen LogP contribution in [0.15, 0.2) is 48.5 Å². The number of hydrogen-bond acceptors (Lipinski definition) is 3. The molecule has 6 heteroatoms. The van der Waals surface area contributed by atoms with Gasteiger partial charge in [0, 0.05) is 30.9 Å². The van der Waals surface area contributed by atoms with E-state index in [9.17, 15) is 14.4 Å². The number of carbonyl (C=O) groups excluding carboxylic acids is 3. The van der Waals surface area contributed by atoms with E-state index in [1.807, 2.05) is 0 Å². The van der Waals surface area contributed by atoms with Gasteiger partial charge in [-0.1, -0.05) is 18.2 Å². The molecule has 124 valence electrons. The first-order valence-corrected chi connectivity index (χ1v) is 7.46. The molecule has 0 saturated heterocycles. The van der Waals surface area contributed by atoms with Gasteiger partial charge in [-0.25, -0.2) is 0 Å². The molecule has 0 aliphatic heterocycles. The van der Waals surface area contributed by atoms with Gasteiger partial charge in [0.05, 0.1) is 6.42 Å². The van der Waals surface area contributed by atoms with Crippen molar-refractivity contribution in [2.45, 2.75) is 20.3 Å². The largest absolute Gasteiger partial charge is 0.326 e. The molecule has 2 aromatic carbocycles. The highest BCUT2D eigenvalue weighted by Crippen LogP contribution is 2.16. The molecule has 0 aliphatic carbocycles. The van der Waals surface area contributed by atoms with Crippen LogP contribution >= 0.6 is 0 Å². The Labute approximate surface area is 140 Å². The molecule has 0 radical (unpaired) electrons. The van der Waals surface area contributed by atoms with E-state index in [-0.39, 0.29) is 24.1 Å². The van der Waals surface area contributed by atoms with Crippen LogP contribution in [0.1, 0.15) is 19.4 Å². The van der Waals surface area contributed by atoms with E-state index in [0.717, 1.165) is 5.56 Å². The molecular weight excluding hydrogens is 306 g/mol. The van der Waals surface area contributed by atoms with Crippen LogP contribution in [0.4, 0.5) is 17.1 Å². The number of benzene rings is 2. The monoisotopic (exact) mass is 325 g/mol. The number of rotatable bonds is 5. The fraction of sp³-hybridized carbons (Fsp3) is 0.167. The maximum atomic E-state index is 12.1. The summed E-state index contributed by atoms with van der Waals surface area (Å²) in [6.07, 6.45) is 0.213. The Balaban J connectivity index is 1.95. The Morgan fingerprint density at radius 2 is 1.29 bits per heavy atom. The number of nitrogens with one attached hydrogen (secondary N) is 3. The number of hydrogen-bond donors (Lipinski definition) is 3. The molecule has 3 N–H and O–H groups in total. The van der Waals surface area contributed by atoms with E-state index < -0.39 is 0 Å². The van der Waals surface area contributed by atoms with Crippen molar-refractivity contribution < 1.29 is 14.4 Å². The Kier molecular flexibility index (Phi) is 5.68. The average Bonchev–Trinajstić information content (AvgIpc) is 2.48. The third kappa shape index (κ3) is 5.57. The van der Waals surface area contributed by atoms with Crippen LogP contribution in [0.5, 0.6) is 0 Å². The van der Waals surface area contributed by atoms with E-state index >= 15 is 0 Å². The molecule has 2 rings (SSSR count). The lowest BCUT2D eigenvalue weighted by atomic mass is 10.1. The topological polar surface area (TPSA) is 87.3 Å². The minimum absolute atomic E-state index is 0.139. The Bertz CT molecular complexity index is 754. The molecule has 0 bridgehead atoms. The highest BCUT2D eigenvalue weighted by Gasteiger charge is 2.06. The van der Waals surface area contributed by atoms with Crippen LogP contribution < -0.4 is 16.0 Å². The van der Waals surface area contributed by atoms with Crippen LogP contribution in [0.3, 0.4) is 0 Å². The predicted molar refractivity (Wildman–Crippen MR) is 93.8 cm³/mol. The Hall–Kier alpha value is -3.15. The van der Waals surface area contributed by atoms with Crippen molar-refractivity contribution in [3.05, 3.63) is 54.1 Å². The number of anilines is 3. The van der Waals surface area contributed by atoms with Gasteiger partial charge in [-0.15, -0.1) is 0 Å². The lowest BCUT2D eigenvalue weighted by Gasteiger charge is -2.08. The second-order valence-corrected chi connectivity index (χ2v) is 5.37. The molecule has 0 aromatic heterocycles. The Morgan fingerprint density at radius 3 is 1.88 bits per heavy atom. The van der Waals surface area contributed by atoms with Crippen LogP contribution in [-0.2, 0) is 20.8 Å². The van der Waals surface area contributed by atoms with E-state index in [2.05, 4.69) is 16.0 Å². The molecule has 0 spiro atoms. The minimum atomic E-state index is -0.169. The molecule has 0 heterocycles. The average molecular weight is 325 g/mol. The third-order valence-corrected chi connectivity index (χ3v) is 3.11. The van der Waals surface area contributed by atoms with Crippen molar-refractivity contribution in [1.29, 1.82) is 0 Å². The zero-order chi connectivity index (χ0) is 17.5. The summed E-state index contributed by atoms with van der Waals surface area (Å²) in [5.74, 6) is -0.473. The second-order valence-electron chi connectivity index (χ2n) is 5.37. The normalized spacial score (nSPS) is 9.92.